The zero-order valence-corrected chi connectivity index (χ0v) is 10.6. The predicted octanol–water partition coefficient (Wildman–Crippen LogP) is 0.154. The number of aromatic nitrogens is 2. The molecular weight excluding hydrogens is 230 g/mol. The maximum atomic E-state index is 11.4. The van der Waals surface area contributed by atoms with Crippen LogP contribution in [0.3, 0.4) is 0 Å². The molecule has 1 aliphatic rings. The van der Waals surface area contributed by atoms with Crippen LogP contribution < -0.4 is 16.0 Å². The van der Waals surface area contributed by atoms with Crippen molar-refractivity contribution in [2.45, 2.75) is 25.3 Å². The highest BCUT2D eigenvalue weighted by Gasteiger charge is 2.26. The van der Waals surface area contributed by atoms with E-state index >= 15 is 0 Å². The number of nitrogens with one attached hydrogen (secondary N) is 1. The largest absolute Gasteiger partial charge is 0.364 e. The van der Waals surface area contributed by atoms with Crippen molar-refractivity contribution < 1.29 is 4.79 Å². The van der Waals surface area contributed by atoms with E-state index < -0.39 is 5.91 Å². The Balaban J connectivity index is 2.30. The number of hydrogen-bond acceptors (Lipinski definition) is 5. The van der Waals surface area contributed by atoms with E-state index in [4.69, 9.17) is 5.73 Å². The van der Waals surface area contributed by atoms with Crippen LogP contribution in [-0.2, 0) is 0 Å². The fraction of sp³-hybridized carbons (Fsp3) is 0.583. The van der Waals surface area contributed by atoms with Gasteiger partial charge in [-0.05, 0) is 26.3 Å². The Morgan fingerprint density at radius 1 is 1.50 bits per heavy atom. The van der Waals surface area contributed by atoms with Crippen LogP contribution in [0, 0.1) is 0 Å². The molecule has 0 bridgehead atoms. The van der Waals surface area contributed by atoms with Crippen LogP contribution in [0.2, 0.25) is 0 Å². The fourth-order valence-corrected chi connectivity index (χ4v) is 2.44. The van der Waals surface area contributed by atoms with Gasteiger partial charge in [-0.25, -0.2) is 9.97 Å². The van der Waals surface area contributed by atoms with Crippen LogP contribution in [0.1, 0.15) is 29.8 Å². The van der Waals surface area contributed by atoms with Gasteiger partial charge in [-0.1, -0.05) is 0 Å². The lowest BCUT2D eigenvalue weighted by atomic mass is 10.0. The molecule has 0 aliphatic carbocycles. The molecule has 0 spiro atoms. The standard InChI is InChI=1S/C12H19N5O/c1-14-8-9-4-2-3-7-17(9)12-10(11(13)18)15-5-6-16-12/h5-6,9,14H,2-4,7-8H2,1H3,(H2,13,18). The zero-order chi connectivity index (χ0) is 13.0. The van der Waals surface area contributed by atoms with E-state index in [-0.39, 0.29) is 5.69 Å². The first-order valence-electron chi connectivity index (χ1n) is 6.26. The fourth-order valence-electron chi connectivity index (χ4n) is 2.44. The van der Waals surface area contributed by atoms with Gasteiger partial charge in [0.25, 0.3) is 5.91 Å². The summed E-state index contributed by atoms with van der Waals surface area (Å²) in [4.78, 5) is 21.9. The summed E-state index contributed by atoms with van der Waals surface area (Å²) in [5, 5.41) is 3.18. The van der Waals surface area contributed by atoms with Crippen molar-refractivity contribution in [3.8, 4) is 0 Å². The van der Waals surface area contributed by atoms with Crippen LogP contribution in [0.5, 0.6) is 0 Å². The molecule has 1 unspecified atom stereocenters. The Bertz CT molecular complexity index is 421. The minimum Gasteiger partial charge on any atom is -0.364 e. The summed E-state index contributed by atoms with van der Waals surface area (Å²) in [6, 6.07) is 0.346. The number of rotatable bonds is 4. The second kappa shape index (κ2) is 5.77. The lowest BCUT2D eigenvalue weighted by molar-refractivity contribution is 0.0995. The van der Waals surface area contributed by atoms with Crippen molar-refractivity contribution in [2.75, 3.05) is 25.0 Å². The highest BCUT2D eigenvalue weighted by atomic mass is 16.1. The summed E-state index contributed by atoms with van der Waals surface area (Å²) in [6.45, 7) is 1.76. The average molecular weight is 249 g/mol. The van der Waals surface area contributed by atoms with E-state index in [9.17, 15) is 4.79 Å². The molecule has 2 rings (SSSR count). The molecule has 3 N–H and O–H groups in total. The average Bonchev–Trinajstić information content (AvgIpc) is 2.40. The van der Waals surface area contributed by atoms with Crippen molar-refractivity contribution in [3.63, 3.8) is 0 Å². The van der Waals surface area contributed by atoms with Crippen LogP contribution in [0.15, 0.2) is 12.4 Å². The Hall–Kier alpha value is -1.69. The number of likely N-dealkylation sites (N-methyl/N-ethyl adjacent to an activating group) is 1. The lowest BCUT2D eigenvalue weighted by Gasteiger charge is -2.37. The van der Waals surface area contributed by atoms with E-state index in [1.165, 1.54) is 12.6 Å². The first-order chi connectivity index (χ1) is 8.74. The first-order valence-corrected chi connectivity index (χ1v) is 6.26. The molecule has 6 heteroatoms. The van der Waals surface area contributed by atoms with Crippen molar-refractivity contribution >= 4 is 11.7 Å². The summed E-state index contributed by atoms with van der Waals surface area (Å²) < 4.78 is 0. The Labute approximate surface area is 107 Å². The Morgan fingerprint density at radius 2 is 2.28 bits per heavy atom. The normalized spacial score (nSPS) is 19.8. The van der Waals surface area contributed by atoms with Gasteiger partial charge in [-0.2, -0.15) is 0 Å². The molecule has 0 radical (unpaired) electrons. The van der Waals surface area contributed by atoms with Crippen molar-refractivity contribution in [2.24, 2.45) is 5.73 Å². The molecule has 2 heterocycles. The van der Waals surface area contributed by atoms with Gasteiger partial charge >= 0.3 is 0 Å². The van der Waals surface area contributed by atoms with Gasteiger partial charge in [0.2, 0.25) is 0 Å². The molecule has 0 saturated carbocycles. The van der Waals surface area contributed by atoms with Crippen LogP contribution >= 0.6 is 0 Å². The number of nitrogens with two attached hydrogens (primary N) is 1. The van der Waals surface area contributed by atoms with Crippen LogP contribution in [0.4, 0.5) is 5.82 Å². The van der Waals surface area contributed by atoms with Gasteiger partial charge in [0.05, 0.1) is 0 Å². The molecule has 1 atom stereocenters. The van der Waals surface area contributed by atoms with Gasteiger partial charge in [0.15, 0.2) is 11.5 Å². The van der Waals surface area contributed by atoms with Gasteiger partial charge < -0.3 is 16.0 Å². The van der Waals surface area contributed by atoms with E-state index in [2.05, 4.69) is 20.2 Å². The van der Waals surface area contributed by atoms with Crippen molar-refractivity contribution in [1.29, 1.82) is 0 Å². The smallest absolute Gasteiger partial charge is 0.271 e. The third-order valence-corrected chi connectivity index (χ3v) is 3.25. The maximum Gasteiger partial charge on any atom is 0.271 e. The maximum absolute atomic E-state index is 11.4. The van der Waals surface area contributed by atoms with Gasteiger partial charge in [0, 0.05) is 31.5 Å². The number of hydrogen-bond donors (Lipinski definition) is 2. The molecule has 1 fully saturated rings. The number of carbonyl (C=O) groups excluding carboxylic acids is 1. The predicted molar refractivity (Wildman–Crippen MR) is 69.5 cm³/mol. The molecule has 6 nitrogen and oxygen atoms in total. The monoisotopic (exact) mass is 249 g/mol. The Morgan fingerprint density at radius 3 is 3.00 bits per heavy atom. The zero-order valence-electron chi connectivity index (χ0n) is 10.6. The molecule has 1 aromatic rings. The third-order valence-electron chi connectivity index (χ3n) is 3.25. The summed E-state index contributed by atoms with van der Waals surface area (Å²) in [7, 11) is 1.93. The minimum absolute atomic E-state index is 0.264. The van der Waals surface area contributed by atoms with Crippen LogP contribution in [-0.4, -0.2) is 42.1 Å². The number of carbonyl (C=O) groups is 1. The molecule has 1 aromatic heterocycles. The molecular formula is C12H19N5O. The molecule has 98 valence electrons. The number of anilines is 1. The molecule has 1 saturated heterocycles. The lowest BCUT2D eigenvalue weighted by Crippen LogP contribution is -2.46. The SMILES string of the molecule is CNCC1CCCCN1c1nccnc1C(N)=O. The second-order valence-electron chi connectivity index (χ2n) is 4.49. The van der Waals surface area contributed by atoms with Crippen LogP contribution in [0.25, 0.3) is 0 Å². The summed E-state index contributed by atoms with van der Waals surface area (Å²) in [5.41, 5.74) is 5.62. The number of nitrogens with zero attached hydrogens (tertiary/aromatic N) is 3. The van der Waals surface area contributed by atoms with Crippen molar-refractivity contribution in [1.82, 2.24) is 15.3 Å². The topological polar surface area (TPSA) is 84.1 Å². The molecule has 1 aliphatic heterocycles. The van der Waals surface area contributed by atoms with Gasteiger partial charge in [0.1, 0.15) is 0 Å². The first kappa shape index (κ1) is 12.8. The van der Waals surface area contributed by atoms with E-state index in [1.54, 1.807) is 6.20 Å². The van der Waals surface area contributed by atoms with Gasteiger partial charge in [-0.15, -0.1) is 0 Å². The molecule has 0 aromatic carbocycles. The highest BCUT2D eigenvalue weighted by molar-refractivity contribution is 5.95. The van der Waals surface area contributed by atoms with E-state index in [1.807, 2.05) is 7.05 Å². The highest BCUT2D eigenvalue weighted by Crippen LogP contribution is 2.24. The summed E-state index contributed by atoms with van der Waals surface area (Å²) >= 11 is 0. The van der Waals surface area contributed by atoms with E-state index in [0.29, 0.717) is 11.9 Å². The number of primary amides is 1. The number of amides is 1. The second-order valence-corrected chi connectivity index (χ2v) is 4.49. The summed E-state index contributed by atoms with van der Waals surface area (Å²) in [5.74, 6) is 0.0943. The summed E-state index contributed by atoms with van der Waals surface area (Å²) in [6.07, 6.45) is 6.51. The third kappa shape index (κ3) is 2.59. The molecule has 18 heavy (non-hydrogen) atoms. The Kier molecular flexibility index (Phi) is 4.09. The minimum atomic E-state index is -0.521. The molecule has 1 amide bonds. The van der Waals surface area contributed by atoms with Gasteiger partial charge in [-0.3, -0.25) is 4.79 Å². The number of piperidine rings is 1. The quantitative estimate of drug-likeness (QED) is 0.793. The van der Waals surface area contributed by atoms with E-state index in [0.717, 1.165) is 25.9 Å². The van der Waals surface area contributed by atoms with Crippen molar-refractivity contribution in [3.05, 3.63) is 18.1 Å².